The van der Waals surface area contributed by atoms with Gasteiger partial charge in [-0.3, -0.25) is 0 Å². The smallest absolute Gasteiger partial charge is 0.338 e. The van der Waals surface area contributed by atoms with Gasteiger partial charge in [0.1, 0.15) is 0 Å². The van der Waals surface area contributed by atoms with E-state index in [2.05, 4.69) is 0 Å². The highest BCUT2D eigenvalue weighted by atomic mass is 16.4. The lowest BCUT2D eigenvalue weighted by Gasteiger charge is -2.28. The van der Waals surface area contributed by atoms with Crippen LogP contribution in [0.2, 0.25) is 0 Å². The van der Waals surface area contributed by atoms with Crippen molar-refractivity contribution in [3.05, 3.63) is 0 Å². The van der Waals surface area contributed by atoms with Gasteiger partial charge < -0.3 is 15.3 Å². The van der Waals surface area contributed by atoms with E-state index in [1.807, 2.05) is 13.8 Å². The van der Waals surface area contributed by atoms with Crippen LogP contribution >= 0.6 is 0 Å². The maximum atomic E-state index is 11.1. The fraction of sp³-hybridized carbons (Fsp3) is 0.923. The predicted octanol–water partition coefficient (Wildman–Crippen LogP) is 2.32. The van der Waals surface area contributed by atoms with Crippen LogP contribution in [0.15, 0.2) is 0 Å². The molecule has 0 aromatic heterocycles. The van der Waals surface area contributed by atoms with Crippen LogP contribution in [0, 0.1) is 0 Å². The van der Waals surface area contributed by atoms with Crippen LogP contribution in [0.1, 0.15) is 65.2 Å². The zero-order valence-corrected chi connectivity index (χ0v) is 11.0. The third kappa shape index (κ3) is 5.50. The molecule has 3 N–H and O–H groups in total. The number of aliphatic carboxylic acids is 1. The van der Waals surface area contributed by atoms with E-state index in [1.165, 1.54) is 0 Å². The molecule has 0 saturated heterocycles. The van der Waals surface area contributed by atoms with Crippen LogP contribution in [-0.4, -0.2) is 33.0 Å². The molecule has 0 radical (unpaired) electrons. The van der Waals surface area contributed by atoms with Crippen molar-refractivity contribution < 1.29 is 20.1 Å². The molecule has 0 bridgehead atoms. The van der Waals surface area contributed by atoms with E-state index in [4.69, 9.17) is 5.11 Å². The van der Waals surface area contributed by atoms with E-state index in [1.54, 1.807) is 0 Å². The summed E-state index contributed by atoms with van der Waals surface area (Å²) in [4.78, 5) is 11.1. The zero-order chi connectivity index (χ0) is 13.3. The van der Waals surface area contributed by atoms with Gasteiger partial charge in [-0.15, -0.1) is 0 Å². The summed E-state index contributed by atoms with van der Waals surface area (Å²) in [5.41, 5.74) is -1.97. The summed E-state index contributed by atoms with van der Waals surface area (Å²) in [7, 11) is 0. The van der Waals surface area contributed by atoms with Gasteiger partial charge in [0.05, 0.1) is 6.10 Å². The Morgan fingerprint density at radius 2 is 1.65 bits per heavy atom. The molecule has 0 amide bonds. The monoisotopic (exact) mass is 246 g/mol. The van der Waals surface area contributed by atoms with Crippen LogP contribution in [0.3, 0.4) is 0 Å². The van der Waals surface area contributed by atoms with Crippen molar-refractivity contribution in [1.82, 2.24) is 0 Å². The molecule has 4 nitrogen and oxygen atoms in total. The maximum absolute atomic E-state index is 11.1. The van der Waals surface area contributed by atoms with Crippen molar-refractivity contribution in [1.29, 1.82) is 0 Å². The molecule has 0 heterocycles. The lowest BCUT2D eigenvalue weighted by atomic mass is 9.87. The number of unbranched alkanes of at least 4 members (excludes halogenated alkanes) is 4. The third-order valence-electron chi connectivity index (χ3n) is 3.16. The molecule has 17 heavy (non-hydrogen) atoms. The highest BCUT2D eigenvalue weighted by Crippen LogP contribution is 2.23. The molecule has 0 aliphatic heterocycles. The second kappa shape index (κ2) is 8.48. The molecule has 0 aromatic rings. The number of aliphatic hydroxyl groups excluding tert-OH is 1. The van der Waals surface area contributed by atoms with Gasteiger partial charge in [0, 0.05) is 0 Å². The first-order valence-corrected chi connectivity index (χ1v) is 6.62. The van der Waals surface area contributed by atoms with Crippen molar-refractivity contribution in [3.8, 4) is 0 Å². The van der Waals surface area contributed by atoms with E-state index in [-0.39, 0.29) is 6.42 Å². The lowest BCUT2D eigenvalue weighted by Crippen LogP contribution is -2.49. The Morgan fingerprint density at radius 1 is 1.12 bits per heavy atom. The van der Waals surface area contributed by atoms with Crippen LogP contribution in [-0.2, 0) is 4.79 Å². The second-order valence-corrected chi connectivity index (χ2v) is 4.70. The molecule has 0 saturated carbocycles. The molecule has 0 aliphatic carbocycles. The van der Waals surface area contributed by atoms with Gasteiger partial charge in [0.2, 0.25) is 0 Å². The minimum absolute atomic E-state index is 0.128. The fourth-order valence-corrected chi connectivity index (χ4v) is 1.89. The molecule has 4 heteroatoms. The van der Waals surface area contributed by atoms with E-state index in [0.717, 1.165) is 32.1 Å². The molecule has 2 atom stereocenters. The molecule has 102 valence electrons. The van der Waals surface area contributed by atoms with Crippen LogP contribution < -0.4 is 0 Å². The van der Waals surface area contributed by atoms with E-state index in [0.29, 0.717) is 12.8 Å². The van der Waals surface area contributed by atoms with Crippen molar-refractivity contribution >= 4 is 5.97 Å². The summed E-state index contributed by atoms with van der Waals surface area (Å²) in [6.07, 6.45) is 4.48. The Balaban J connectivity index is 4.31. The molecule has 0 aliphatic rings. The van der Waals surface area contributed by atoms with Crippen molar-refractivity contribution in [2.24, 2.45) is 0 Å². The highest BCUT2D eigenvalue weighted by molar-refractivity contribution is 5.77. The summed E-state index contributed by atoms with van der Waals surface area (Å²) < 4.78 is 0. The number of carbonyl (C=O) groups is 1. The maximum Gasteiger partial charge on any atom is 0.338 e. The average molecular weight is 246 g/mol. The van der Waals surface area contributed by atoms with Crippen molar-refractivity contribution in [3.63, 3.8) is 0 Å². The van der Waals surface area contributed by atoms with Gasteiger partial charge >= 0.3 is 5.97 Å². The van der Waals surface area contributed by atoms with E-state index >= 15 is 0 Å². The molecule has 2 unspecified atom stereocenters. The number of aliphatic hydroxyl groups is 2. The minimum Gasteiger partial charge on any atom is -0.479 e. The topological polar surface area (TPSA) is 77.8 Å². The van der Waals surface area contributed by atoms with Gasteiger partial charge in [0.15, 0.2) is 5.60 Å². The number of rotatable bonds is 10. The first kappa shape index (κ1) is 16.4. The number of hydrogen-bond acceptors (Lipinski definition) is 3. The average Bonchev–Trinajstić information content (AvgIpc) is 2.29. The summed E-state index contributed by atoms with van der Waals surface area (Å²) in [6.45, 7) is 4.05. The third-order valence-corrected chi connectivity index (χ3v) is 3.16. The lowest BCUT2D eigenvalue weighted by molar-refractivity contribution is -0.173. The normalized spacial score (nSPS) is 16.5. The van der Waals surface area contributed by atoms with Crippen LogP contribution in [0.25, 0.3) is 0 Å². The first-order valence-electron chi connectivity index (χ1n) is 6.62. The zero-order valence-electron chi connectivity index (χ0n) is 11.0. The molecule has 0 aromatic carbocycles. The molecular formula is C13H26O4. The van der Waals surface area contributed by atoms with E-state index in [9.17, 15) is 15.0 Å². The number of carboxylic acids is 1. The first-order chi connectivity index (χ1) is 7.99. The number of carboxylic acid groups (broad SMARTS) is 1. The summed E-state index contributed by atoms with van der Waals surface area (Å²) in [5, 5.41) is 28.9. The molecule has 0 fully saturated rings. The van der Waals surface area contributed by atoms with Crippen LogP contribution in [0.5, 0.6) is 0 Å². The molecular weight excluding hydrogens is 220 g/mol. The van der Waals surface area contributed by atoms with Gasteiger partial charge in [-0.25, -0.2) is 4.79 Å². The van der Waals surface area contributed by atoms with Crippen LogP contribution in [0.4, 0.5) is 0 Å². The summed E-state index contributed by atoms with van der Waals surface area (Å²) in [6, 6.07) is 0. The minimum atomic E-state index is -1.97. The standard InChI is InChI=1S/C13H26O4/c1-3-5-7-9-11(14)13(17,12(15)16)10-8-6-4-2/h11,14,17H,3-10H2,1-2H3,(H,15,16). The second-order valence-electron chi connectivity index (χ2n) is 4.70. The molecule has 0 spiro atoms. The molecule has 0 rings (SSSR count). The highest BCUT2D eigenvalue weighted by Gasteiger charge is 2.42. The summed E-state index contributed by atoms with van der Waals surface area (Å²) in [5.74, 6) is -1.31. The van der Waals surface area contributed by atoms with E-state index < -0.39 is 17.7 Å². The summed E-state index contributed by atoms with van der Waals surface area (Å²) >= 11 is 0. The fourth-order valence-electron chi connectivity index (χ4n) is 1.89. The Morgan fingerprint density at radius 3 is 2.12 bits per heavy atom. The Hall–Kier alpha value is -0.610. The quantitative estimate of drug-likeness (QED) is 0.517. The van der Waals surface area contributed by atoms with Crippen molar-refractivity contribution in [2.45, 2.75) is 76.9 Å². The SMILES string of the molecule is CCCCCC(O)C(O)(CCCCC)C(=O)O. The van der Waals surface area contributed by atoms with Gasteiger partial charge in [-0.1, -0.05) is 46.0 Å². The Bertz CT molecular complexity index is 217. The Labute approximate surface area is 104 Å². The van der Waals surface area contributed by atoms with Gasteiger partial charge in [-0.2, -0.15) is 0 Å². The Kier molecular flexibility index (Phi) is 8.17. The van der Waals surface area contributed by atoms with Crippen molar-refractivity contribution in [2.75, 3.05) is 0 Å². The van der Waals surface area contributed by atoms with Gasteiger partial charge in [0.25, 0.3) is 0 Å². The predicted molar refractivity (Wildman–Crippen MR) is 66.9 cm³/mol. The number of hydrogen-bond donors (Lipinski definition) is 3. The van der Waals surface area contributed by atoms with Gasteiger partial charge in [-0.05, 0) is 19.3 Å². The largest absolute Gasteiger partial charge is 0.479 e.